The molecule has 0 unspecified atom stereocenters. The first-order valence-electron chi connectivity index (χ1n) is 6.70. The number of benzene rings is 2. The molecule has 0 amide bonds. The van der Waals surface area contributed by atoms with Crippen molar-refractivity contribution >= 4 is 17.7 Å². The highest BCUT2D eigenvalue weighted by molar-refractivity contribution is 7.98. The zero-order valence-electron chi connectivity index (χ0n) is 12.0. The summed E-state index contributed by atoms with van der Waals surface area (Å²) >= 11 is 1.77. The molecule has 0 aliphatic carbocycles. The Morgan fingerprint density at radius 2 is 1.95 bits per heavy atom. The fourth-order valence-electron chi connectivity index (χ4n) is 2.63. The van der Waals surface area contributed by atoms with E-state index in [0.717, 1.165) is 21.8 Å². The number of hydrogen-bond acceptors (Lipinski definition) is 4. The van der Waals surface area contributed by atoms with E-state index in [1.807, 2.05) is 24.3 Å². The summed E-state index contributed by atoms with van der Waals surface area (Å²) in [4.78, 5) is 12.9. The van der Waals surface area contributed by atoms with Crippen molar-refractivity contribution in [2.24, 2.45) is 0 Å². The topological polar surface area (TPSA) is 35.5 Å². The summed E-state index contributed by atoms with van der Waals surface area (Å²) in [5, 5.41) is 0. The zero-order chi connectivity index (χ0) is 14.8. The van der Waals surface area contributed by atoms with Gasteiger partial charge in [-0.1, -0.05) is 24.3 Å². The van der Waals surface area contributed by atoms with Gasteiger partial charge in [0.1, 0.15) is 6.10 Å². The minimum Gasteiger partial charge on any atom is -0.465 e. The lowest BCUT2D eigenvalue weighted by molar-refractivity contribution is 0.0600. The Balaban J connectivity index is 2.14. The van der Waals surface area contributed by atoms with Gasteiger partial charge in [0, 0.05) is 17.8 Å². The first-order valence-corrected chi connectivity index (χ1v) is 7.69. The van der Waals surface area contributed by atoms with Crippen molar-refractivity contribution in [1.29, 1.82) is 0 Å². The second-order valence-electron chi connectivity index (χ2n) is 4.85. The van der Waals surface area contributed by atoms with Crippen molar-refractivity contribution in [2.45, 2.75) is 16.8 Å². The van der Waals surface area contributed by atoms with Crippen molar-refractivity contribution in [3.05, 3.63) is 64.7 Å². The summed E-state index contributed by atoms with van der Waals surface area (Å²) in [7, 11) is 3.10. The Morgan fingerprint density at radius 3 is 2.71 bits per heavy atom. The Labute approximate surface area is 128 Å². The van der Waals surface area contributed by atoms with Crippen LogP contribution in [0.25, 0.3) is 0 Å². The quantitative estimate of drug-likeness (QED) is 0.790. The first-order chi connectivity index (χ1) is 10.2. The highest BCUT2D eigenvalue weighted by Gasteiger charge is 2.24. The lowest BCUT2D eigenvalue weighted by Crippen LogP contribution is -2.08. The third kappa shape index (κ3) is 2.57. The van der Waals surface area contributed by atoms with E-state index in [4.69, 9.17) is 9.47 Å². The van der Waals surface area contributed by atoms with Gasteiger partial charge in [0.15, 0.2) is 0 Å². The molecule has 0 N–H and O–H groups in total. The Morgan fingerprint density at radius 1 is 1.14 bits per heavy atom. The number of rotatable bonds is 2. The second-order valence-corrected chi connectivity index (χ2v) is 5.86. The van der Waals surface area contributed by atoms with E-state index in [0.29, 0.717) is 5.56 Å². The molecule has 0 bridgehead atoms. The van der Waals surface area contributed by atoms with E-state index < -0.39 is 0 Å². The molecule has 21 heavy (non-hydrogen) atoms. The summed E-state index contributed by atoms with van der Waals surface area (Å²) in [5.74, 6) is 0.579. The Kier molecular flexibility index (Phi) is 3.99. The lowest BCUT2D eigenvalue weighted by atomic mass is 9.96. The maximum Gasteiger partial charge on any atom is 0.337 e. The summed E-state index contributed by atoms with van der Waals surface area (Å²) in [6.45, 7) is 0. The minimum atomic E-state index is -0.324. The van der Waals surface area contributed by atoms with Gasteiger partial charge in [-0.2, -0.15) is 0 Å². The summed E-state index contributed by atoms with van der Waals surface area (Å²) in [6.07, 6.45) is -0.157. The third-order valence-corrected chi connectivity index (χ3v) is 4.81. The molecular formula is C17H16O3S. The van der Waals surface area contributed by atoms with Crippen LogP contribution in [-0.4, -0.2) is 20.2 Å². The molecule has 0 saturated carbocycles. The predicted molar refractivity (Wildman–Crippen MR) is 82.6 cm³/mol. The first kappa shape index (κ1) is 14.2. The maximum atomic E-state index is 11.8. The second kappa shape index (κ2) is 5.92. The van der Waals surface area contributed by atoms with Crippen LogP contribution in [-0.2, 0) is 15.2 Å². The van der Waals surface area contributed by atoms with Crippen LogP contribution < -0.4 is 0 Å². The monoisotopic (exact) mass is 300 g/mol. The zero-order valence-corrected chi connectivity index (χ0v) is 12.8. The van der Waals surface area contributed by atoms with Gasteiger partial charge in [0.25, 0.3) is 0 Å². The van der Waals surface area contributed by atoms with Gasteiger partial charge in [-0.3, -0.25) is 0 Å². The highest BCUT2D eigenvalue weighted by atomic mass is 32.2. The summed E-state index contributed by atoms with van der Waals surface area (Å²) < 4.78 is 10.5. The van der Waals surface area contributed by atoms with Crippen molar-refractivity contribution in [3.8, 4) is 0 Å². The summed E-state index contributed by atoms with van der Waals surface area (Å²) in [6, 6.07) is 13.9. The van der Waals surface area contributed by atoms with Crippen molar-refractivity contribution in [2.75, 3.05) is 14.2 Å². The molecule has 2 aromatic rings. The molecule has 0 saturated heterocycles. The SMILES string of the molecule is COC(=O)c1ccc2c(c1)[C@@H](OC)c1ccccc1CS2. The van der Waals surface area contributed by atoms with Crippen LogP contribution >= 0.6 is 11.8 Å². The van der Waals surface area contributed by atoms with Crippen molar-refractivity contribution in [1.82, 2.24) is 0 Å². The number of carbonyl (C=O) groups excluding carboxylic acids is 1. The van der Waals surface area contributed by atoms with Crippen LogP contribution in [0.1, 0.15) is 33.2 Å². The van der Waals surface area contributed by atoms with Gasteiger partial charge in [-0.05, 0) is 34.9 Å². The Bertz CT molecular complexity index is 681. The molecular weight excluding hydrogens is 284 g/mol. The standard InChI is InChI=1S/C17H16O3S/c1-19-16-13-6-4-3-5-12(13)10-21-15-8-7-11(9-14(15)16)17(18)20-2/h3-9,16H,10H2,1-2H3/t16-/m0/s1. The van der Waals surface area contributed by atoms with Crippen LogP contribution in [0.2, 0.25) is 0 Å². The number of carbonyl (C=O) groups is 1. The molecule has 1 atom stereocenters. The predicted octanol–water partition coefficient (Wildman–Crippen LogP) is 3.81. The van der Waals surface area contributed by atoms with Crippen molar-refractivity contribution in [3.63, 3.8) is 0 Å². The third-order valence-electron chi connectivity index (χ3n) is 3.67. The van der Waals surface area contributed by atoms with E-state index in [9.17, 15) is 4.79 Å². The number of hydrogen-bond donors (Lipinski definition) is 0. The van der Waals surface area contributed by atoms with Crippen molar-refractivity contribution < 1.29 is 14.3 Å². The number of esters is 1. The number of fused-ring (bicyclic) bond motifs is 2. The molecule has 3 nitrogen and oxygen atoms in total. The molecule has 1 aliphatic heterocycles. The largest absolute Gasteiger partial charge is 0.465 e. The fourth-order valence-corrected chi connectivity index (χ4v) is 3.70. The number of ether oxygens (including phenoxy) is 2. The normalized spacial score (nSPS) is 16.6. The lowest BCUT2D eigenvalue weighted by Gasteiger charge is -2.18. The Hall–Kier alpha value is -1.78. The van der Waals surface area contributed by atoms with Gasteiger partial charge in [-0.25, -0.2) is 4.79 Å². The minimum absolute atomic E-state index is 0.157. The van der Waals surface area contributed by atoms with Gasteiger partial charge in [0.05, 0.1) is 12.7 Å². The van der Waals surface area contributed by atoms with Gasteiger partial charge < -0.3 is 9.47 Å². The molecule has 0 radical (unpaired) electrons. The average Bonchev–Trinajstić information content (AvgIpc) is 2.69. The highest BCUT2D eigenvalue weighted by Crippen LogP contribution is 2.41. The number of thioether (sulfide) groups is 1. The van der Waals surface area contributed by atoms with E-state index in [-0.39, 0.29) is 12.1 Å². The van der Waals surface area contributed by atoms with E-state index in [2.05, 4.69) is 12.1 Å². The average molecular weight is 300 g/mol. The van der Waals surface area contributed by atoms with Crippen LogP contribution in [0, 0.1) is 0 Å². The van der Waals surface area contributed by atoms with E-state index in [1.54, 1.807) is 24.9 Å². The maximum absolute atomic E-state index is 11.8. The molecule has 0 spiro atoms. The summed E-state index contributed by atoms with van der Waals surface area (Å²) in [5.41, 5.74) is 4.01. The van der Waals surface area contributed by atoms with Gasteiger partial charge in [0.2, 0.25) is 0 Å². The molecule has 4 heteroatoms. The van der Waals surface area contributed by atoms with Crippen LogP contribution in [0.4, 0.5) is 0 Å². The molecule has 2 aromatic carbocycles. The van der Waals surface area contributed by atoms with Gasteiger partial charge in [-0.15, -0.1) is 11.8 Å². The molecule has 1 aliphatic rings. The van der Waals surface area contributed by atoms with Gasteiger partial charge >= 0.3 is 5.97 Å². The van der Waals surface area contributed by atoms with E-state index in [1.165, 1.54) is 12.7 Å². The molecule has 0 fully saturated rings. The molecule has 1 heterocycles. The van der Waals surface area contributed by atoms with Crippen LogP contribution in [0.15, 0.2) is 47.4 Å². The van der Waals surface area contributed by atoms with Crippen LogP contribution in [0.3, 0.4) is 0 Å². The molecule has 108 valence electrons. The smallest absolute Gasteiger partial charge is 0.337 e. The molecule has 3 rings (SSSR count). The fraction of sp³-hybridized carbons (Fsp3) is 0.235. The molecule has 0 aromatic heterocycles. The number of methoxy groups -OCH3 is 2. The van der Waals surface area contributed by atoms with E-state index >= 15 is 0 Å². The van der Waals surface area contributed by atoms with Crippen LogP contribution in [0.5, 0.6) is 0 Å².